The molecule has 0 bridgehead atoms. The summed E-state index contributed by atoms with van der Waals surface area (Å²) in [6.45, 7) is 3.98. The minimum Gasteiger partial charge on any atom is -0.246 e. The van der Waals surface area contributed by atoms with Crippen molar-refractivity contribution in [1.29, 1.82) is 0 Å². The normalized spacial score (nSPS) is 10.0. The van der Waals surface area contributed by atoms with Gasteiger partial charge in [0.1, 0.15) is 4.60 Å². The minimum atomic E-state index is 0.916. The highest BCUT2D eigenvalue weighted by atomic mass is 79.9. The fraction of sp³-hybridized carbons (Fsp3) is 0.286. The monoisotopic (exact) mass is 263 g/mol. The van der Waals surface area contributed by atoms with Crippen LogP contribution in [0.5, 0.6) is 0 Å². The fourth-order valence-corrected chi connectivity index (χ4v) is 1.94. The third kappa shape index (κ3) is 1.58. The van der Waals surface area contributed by atoms with Crippen LogP contribution >= 0.6 is 31.9 Å². The van der Waals surface area contributed by atoms with E-state index in [0.717, 1.165) is 20.3 Å². The van der Waals surface area contributed by atoms with Crippen LogP contribution in [0.4, 0.5) is 0 Å². The average Bonchev–Trinajstić information content (AvgIpc) is 1.82. The largest absolute Gasteiger partial charge is 0.246 e. The Morgan fingerprint density at radius 2 is 1.90 bits per heavy atom. The van der Waals surface area contributed by atoms with Gasteiger partial charge in [0.15, 0.2) is 0 Å². The zero-order valence-electron chi connectivity index (χ0n) is 5.78. The van der Waals surface area contributed by atoms with Gasteiger partial charge in [-0.05, 0) is 41.4 Å². The van der Waals surface area contributed by atoms with Crippen molar-refractivity contribution < 1.29 is 0 Å². The van der Waals surface area contributed by atoms with E-state index in [0.29, 0.717) is 0 Å². The van der Waals surface area contributed by atoms with Gasteiger partial charge in [-0.3, -0.25) is 0 Å². The molecule has 1 aromatic rings. The zero-order valence-corrected chi connectivity index (χ0v) is 8.95. The highest BCUT2D eigenvalue weighted by Crippen LogP contribution is 2.22. The Labute approximate surface area is 77.1 Å². The molecule has 1 heterocycles. The molecule has 10 heavy (non-hydrogen) atoms. The standard InChI is InChI=1S/C7H7Br2N/c1-4-3-6(8)5(2)7(9)10-4/h3H,1-2H3. The SMILES string of the molecule is Cc1cc(Br)c(C)c(Br)n1. The average molecular weight is 265 g/mol. The first-order valence-corrected chi connectivity index (χ1v) is 4.49. The van der Waals surface area contributed by atoms with Crippen molar-refractivity contribution in [3.63, 3.8) is 0 Å². The van der Waals surface area contributed by atoms with E-state index < -0.39 is 0 Å². The lowest BCUT2D eigenvalue weighted by Gasteiger charge is -2.00. The van der Waals surface area contributed by atoms with Gasteiger partial charge in [-0.25, -0.2) is 4.98 Å². The Morgan fingerprint density at radius 3 is 2.40 bits per heavy atom. The zero-order chi connectivity index (χ0) is 7.72. The molecule has 0 radical (unpaired) electrons. The lowest BCUT2D eigenvalue weighted by Crippen LogP contribution is -1.86. The van der Waals surface area contributed by atoms with E-state index in [2.05, 4.69) is 36.8 Å². The Kier molecular flexibility index (Phi) is 2.47. The van der Waals surface area contributed by atoms with Crippen molar-refractivity contribution in [3.8, 4) is 0 Å². The number of hydrogen-bond donors (Lipinski definition) is 0. The molecule has 0 unspecified atom stereocenters. The molecule has 1 nitrogen and oxygen atoms in total. The van der Waals surface area contributed by atoms with Crippen LogP contribution in [0.1, 0.15) is 11.3 Å². The van der Waals surface area contributed by atoms with Gasteiger partial charge >= 0.3 is 0 Å². The molecule has 0 aliphatic rings. The summed E-state index contributed by atoms with van der Waals surface area (Å²) in [5.74, 6) is 0. The summed E-state index contributed by atoms with van der Waals surface area (Å²) in [7, 11) is 0. The van der Waals surface area contributed by atoms with Crippen LogP contribution in [0.15, 0.2) is 15.1 Å². The second kappa shape index (κ2) is 3.01. The van der Waals surface area contributed by atoms with Gasteiger partial charge in [0.05, 0.1) is 0 Å². The topological polar surface area (TPSA) is 12.9 Å². The van der Waals surface area contributed by atoms with Crippen LogP contribution in [0.25, 0.3) is 0 Å². The van der Waals surface area contributed by atoms with Crippen LogP contribution in [-0.4, -0.2) is 4.98 Å². The maximum Gasteiger partial charge on any atom is 0.110 e. The first kappa shape index (κ1) is 8.21. The van der Waals surface area contributed by atoms with Crippen molar-refractivity contribution in [2.75, 3.05) is 0 Å². The highest BCUT2D eigenvalue weighted by molar-refractivity contribution is 9.11. The summed E-state index contributed by atoms with van der Waals surface area (Å²) in [5.41, 5.74) is 2.16. The van der Waals surface area contributed by atoms with Crippen LogP contribution in [0.2, 0.25) is 0 Å². The predicted octanol–water partition coefficient (Wildman–Crippen LogP) is 3.22. The molecule has 0 atom stereocenters. The summed E-state index contributed by atoms with van der Waals surface area (Å²) in [6.07, 6.45) is 0. The highest BCUT2D eigenvalue weighted by Gasteiger charge is 2.00. The van der Waals surface area contributed by atoms with Gasteiger partial charge in [0, 0.05) is 10.2 Å². The van der Waals surface area contributed by atoms with Gasteiger partial charge < -0.3 is 0 Å². The van der Waals surface area contributed by atoms with Gasteiger partial charge in [-0.2, -0.15) is 0 Å². The molecule has 0 fully saturated rings. The molecule has 0 N–H and O–H groups in total. The molecule has 0 aliphatic heterocycles. The molecule has 0 aliphatic carbocycles. The summed E-state index contributed by atoms with van der Waals surface area (Å²) < 4.78 is 2.02. The van der Waals surface area contributed by atoms with Crippen LogP contribution in [0, 0.1) is 13.8 Å². The number of pyridine rings is 1. The Balaban J connectivity index is 3.31. The third-order valence-corrected chi connectivity index (χ3v) is 2.87. The number of nitrogens with zero attached hydrogens (tertiary/aromatic N) is 1. The first-order valence-electron chi connectivity index (χ1n) is 2.90. The molecular formula is C7H7Br2N. The lowest BCUT2D eigenvalue weighted by molar-refractivity contribution is 1.12. The molecule has 0 saturated heterocycles. The Bertz CT molecular complexity index is 235. The van der Waals surface area contributed by atoms with Crippen molar-refractivity contribution in [1.82, 2.24) is 4.98 Å². The van der Waals surface area contributed by atoms with E-state index >= 15 is 0 Å². The minimum absolute atomic E-state index is 0.916. The summed E-state index contributed by atoms with van der Waals surface area (Å²) in [5, 5.41) is 0. The maximum atomic E-state index is 4.22. The Morgan fingerprint density at radius 1 is 1.30 bits per heavy atom. The van der Waals surface area contributed by atoms with Crippen molar-refractivity contribution in [2.45, 2.75) is 13.8 Å². The fourth-order valence-electron chi connectivity index (χ4n) is 0.661. The molecule has 1 aromatic heterocycles. The number of halogens is 2. The maximum absolute atomic E-state index is 4.22. The third-order valence-electron chi connectivity index (χ3n) is 1.28. The number of aryl methyl sites for hydroxylation is 1. The smallest absolute Gasteiger partial charge is 0.110 e. The molecule has 54 valence electrons. The van der Waals surface area contributed by atoms with Gasteiger partial charge in [0.25, 0.3) is 0 Å². The summed E-state index contributed by atoms with van der Waals surface area (Å²) in [6, 6.07) is 2.00. The lowest BCUT2D eigenvalue weighted by atomic mass is 10.3. The van der Waals surface area contributed by atoms with Crippen LogP contribution < -0.4 is 0 Å². The molecular weight excluding hydrogens is 258 g/mol. The first-order chi connectivity index (χ1) is 4.61. The summed E-state index contributed by atoms with van der Waals surface area (Å²) in [4.78, 5) is 4.22. The van der Waals surface area contributed by atoms with Gasteiger partial charge in [-0.1, -0.05) is 15.9 Å². The number of aromatic nitrogens is 1. The Hall–Kier alpha value is 0.110. The van der Waals surface area contributed by atoms with Crippen molar-refractivity contribution in [3.05, 3.63) is 26.4 Å². The molecule has 3 heteroatoms. The van der Waals surface area contributed by atoms with E-state index in [1.165, 1.54) is 0 Å². The number of rotatable bonds is 0. The van der Waals surface area contributed by atoms with Crippen molar-refractivity contribution in [2.24, 2.45) is 0 Å². The molecule has 0 aromatic carbocycles. The van der Waals surface area contributed by atoms with Crippen LogP contribution in [-0.2, 0) is 0 Å². The molecule has 0 amide bonds. The van der Waals surface area contributed by atoms with Crippen LogP contribution in [0.3, 0.4) is 0 Å². The van der Waals surface area contributed by atoms with E-state index in [1.54, 1.807) is 0 Å². The number of hydrogen-bond acceptors (Lipinski definition) is 1. The second-order valence-corrected chi connectivity index (χ2v) is 3.77. The van der Waals surface area contributed by atoms with E-state index in [1.807, 2.05) is 19.9 Å². The van der Waals surface area contributed by atoms with Gasteiger partial charge in [-0.15, -0.1) is 0 Å². The molecule has 1 rings (SSSR count). The predicted molar refractivity (Wildman–Crippen MR) is 49.1 cm³/mol. The van der Waals surface area contributed by atoms with Gasteiger partial charge in [0.2, 0.25) is 0 Å². The second-order valence-electron chi connectivity index (χ2n) is 2.16. The summed E-state index contributed by atoms with van der Waals surface area (Å²) >= 11 is 6.78. The van der Waals surface area contributed by atoms with E-state index in [4.69, 9.17) is 0 Å². The quantitative estimate of drug-likeness (QED) is 0.656. The van der Waals surface area contributed by atoms with E-state index in [9.17, 15) is 0 Å². The van der Waals surface area contributed by atoms with E-state index in [-0.39, 0.29) is 0 Å². The molecule has 0 spiro atoms. The molecule has 0 saturated carbocycles. The van der Waals surface area contributed by atoms with Crippen molar-refractivity contribution >= 4 is 31.9 Å².